The van der Waals surface area contributed by atoms with Crippen molar-refractivity contribution in [2.45, 2.75) is 32.4 Å². The number of rotatable bonds is 5. The van der Waals surface area contributed by atoms with Crippen molar-refractivity contribution in [3.8, 4) is 0 Å². The van der Waals surface area contributed by atoms with Gasteiger partial charge in [-0.3, -0.25) is 14.2 Å². The minimum atomic E-state index is -0.142. The monoisotopic (exact) mass is 379 g/mol. The molecular formula is C21H21N3O2S. The minimum Gasteiger partial charge on any atom is -0.345 e. The Bertz CT molecular complexity index is 1110. The molecule has 138 valence electrons. The third-order valence-electron chi connectivity index (χ3n) is 5.10. The van der Waals surface area contributed by atoms with E-state index in [1.165, 1.54) is 4.57 Å². The summed E-state index contributed by atoms with van der Waals surface area (Å²) in [5.74, 6) is 0.344. The van der Waals surface area contributed by atoms with Gasteiger partial charge in [-0.05, 0) is 61.7 Å². The molecule has 0 spiro atoms. The summed E-state index contributed by atoms with van der Waals surface area (Å²) in [5, 5.41) is 3.70. The van der Waals surface area contributed by atoms with Crippen LogP contribution in [0.2, 0.25) is 0 Å². The van der Waals surface area contributed by atoms with Crippen LogP contribution in [0, 0.1) is 10.7 Å². The number of nitrogens with one attached hydrogen (secondary N) is 2. The molecule has 4 rings (SSSR count). The molecule has 0 radical (unpaired) electrons. The largest absolute Gasteiger partial charge is 0.345 e. The third kappa shape index (κ3) is 3.45. The molecule has 3 aromatic rings. The SMILES string of the molecule is CCn1c(=S)[nH]c2cc(C(=O)NC(c3ccccc3)C3CC3)ccc2c1=O. The second-order valence-electron chi connectivity index (χ2n) is 6.94. The zero-order valence-electron chi connectivity index (χ0n) is 15.1. The zero-order valence-corrected chi connectivity index (χ0v) is 15.9. The molecule has 2 aromatic carbocycles. The van der Waals surface area contributed by atoms with Gasteiger partial charge in [-0.25, -0.2) is 0 Å². The first-order chi connectivity index (χ1) is 13.1. The lowest BCUT2D eigenvalue weighted by Crippen LogP contribution is -2.30. The third-order valence-corrected chi connectivity index (χ3v) is 5.42. The van der Waals surface area contributed by atoms with Gasteiger partial charge in [0, 0.05) is 12.1 Å². The van der Waals surface area contributed by atoms with Crippen LogP contribution in [0.3, 0.4) is 0 Å². The fourth-order valence-electron chi connectivity index (χ4n) is 3.47. The molecule has 1 aliphatic carbocycles. The van der Waals surface area contributed by atoms with Crippen LogP contribution in [0.15, 0.2) is 53.3 Å². The highest BCUT2D eigenvalue weighted by atomic mass is 32.1. The van der Waals surface area contributed by atoms with Gasteiger partial charge >= 0.3 is 0 Å². The van der Waals surface area contributed by atoms with Gasteiger partial charge in [-0.2, -0.15) is 0 Å². The van der Waals surface area contributed by atoms with Gasteiger partial charge in [0.2, 0.25) is 0 Å². The van der Waals surface area contributed by atoms with Crippen LogP contribution >= 0.6 is 12.2 Å². The number of benzene rings is 2. The lowest BCUT2D eigenvalue weighted by Gasteiger charge is -2.19. The number of fused-ring (bicyclic) bond motifs is 1. The molecule has 1 fully saturated rings. The Morgan fingerprint density at radius 2 is 2.00 bits per heavy atom. The lowest BCUT2D eigenvalue weighted by atomic mass is 10.0. The Morgan fingerprint density at radius 3 is 2.67 bits per heavy atom. The number of amides is 1. The Labute approximate surface area is 162 Å². The molecule has 1 saturated carbocycles. The smallest absolute Gasteiger partial charge is 0.262 e. The highest BCUT2D eigenvalue weighted by Crippen LogP contribution is 2.41. The highest BCUT2D eigenvalue weighted by Gasteiger charge is 2.33. The van der Waals surface area contributed by atoms with Crippen LogP contribution in [0.5, 0.6) is 0 Å². The van der Waals surface area contributed by atoms with E-state index in [1.54, 1.807) is 18.2 Å². The summed E-state index contributed by atoms with van der Waals surface area (Å²) in [4.78, 5) is 28.4. The van der Waals surface area contributed by atoms with Crippen LogP contribution in [-0.2, 0) is 6.54 Å². The van der Waals surface area contributed by atoms with Crippen molar-refractivity contribution in [3.63, 3.8) is 0 Å². The molecule has 0 aliphatic heterocycles. The average molecular weight is 379 g/mol. The maximum absolute atomic E-state index is 12.9. The van der Waals surface area contributed by atoms with Crippen molar-refractivity contribution < 1.29 is 4.79 Å². The molecule has 1 aliphatic rings. The summed E-state index contributed by atoms with van der Waals surface area (Å²) in [6.07, 6.45) is 2.25. The topological polar surface area (TPSA) is 66.9 Å². The predicted octanol–water partition coefficient (Wildman–Crippen LogP) is 3.96. The van der Waals surface area contributed by atoms with Gasteiger partial charge in [0.1, 0.15) is 0 Å². The van der Waals surface area contributed by atoms with Crippen LogP contribution in [0.4, 0.5) is 0 Å². The predicted molar refractivity (Wildman–Crippen MR) is 108 cm³/mol. The molecule has 1 amide bonds. The van der Waals surface area contributed by atoms with Gasteiger partial charge in [0.05, 0.1) is 16.9 Å². The summed E-state index contributed by atoms with van der Waals surface area (Å²) >= 11 is 5.26. The van der Waals surface area contributed by atoms with Gasteiger partial charge in [0.15, 0.2) is 4.77 Å². The van der Waals surface area contributed by atoms with E-state index in [1.807, 2.05) is 37.3 Å². The van der Waals surface area contributed by atoms with E-state index in [-0.39, 0.29) is 17.5 Å². The fraction of sp³-hybridized carbons (Fsp3) is 0.286. The van der Waals surface area contributed by atoms with Crippen molar-refractivity contribution >= 4 is 29.0 Å². The van der Waals surface area contributed by atoms with E-state index < -0.39 is 0 Å². The van der Waals surface area contributed by atoms with E-state index >= 15 is 0 Å². The number of aromatic amines is 1. The number of aromatic nitrogens is 2. The van der Waals surface area contributed by atoms with Gasteiger partial charge in [-0.1, -0.05) is 30.3 Å². The molecule has 1 aromatic heterocycles. The Morgan fingerprint density at radius 1 is 1.26 bits per heavy atom. The van der Waals surface area contributed by atoms with Crippen molar-refractivity contribution in [1.82, 2.24) is 14.9 Å². The average Bonchev–Trinajstić information content (AvgIpc) is 3.51. The van der Waals surface area contributed by atoms with E-state index in [0.717, 1.165) is 18.4 Å². The van der Waals surface area contributed by atoms with Crippen LogP contribution in [0.1, 0.15) is 41.7 Å². The fourth-order valence-corrected chi connectivity index (χ4v) is 3.79. The molecule has 27 heavy (non-hydrogen) atoms. The van der Waals surface area contributed by atoms with Crippen molar-refractivity contribution in [1.29, 1.82) is 0 Å². The zero-order chi connectivity index (χ0) is 19.0. The van der Waals surface area contributed by atoms with E-state index in [0.29, 0.717) is 33.7 Å². The lowest BCUT2D eigenvalue weighted by molar-refractivity contribution is 0.0932. The number of hydrogen-bond donors (Lipinski definition) is 2. The summed E-state index contributed by atoms with van der Waals surface area (Å²) in [6.45, 7) is 2.38. The molecule has 1 heterocycles. The molecular weight excluding hydrogens is 358 g/mol. The molecule has 5 nitrogen and oxygen atoms in total. The normalized spacial score (nSPS) is 14.9. The molecule has 6 heteroatoms. The van der Waals surface area contributed by atoms with Crippen LogP contribution in [0.25, 0.3) is 10.9 Å². The second-order valence-corrected chi connectivity index (χ2v) is 7.33. The number of nitrogens with zero attached hydrogens (tertiary/aromatic N) is 1. The molecule has 2 N–H and O–H groups in total. The summed E-state index contributed by atoms with van der Waals surface area (Å²) in [5.41, 5.74) is 2.09. The van der Waals surface area contributed by atoms with Crippen LogP contribution in [-0.4, -0.2) is 15.5 Å². The summed E-state index contributed by atoms with van der Waals surface area (Å²) in [7, 11) is 0. The summed E-state index contributed by atoms with van der Waals surface area (Å²) in [6, 6.07) is 15.2. The number of carbonyl (C=O) groups excluding carboxylic acids is 1. The first kappa shape index (κ1) is 17.7. The van der Waals surface area contributed by atoms with Crippen LogP contribution < -0.4 is 10.9 Å². The Kier molecular flexibility index (Phi) is 4.66. The van der Waals surface area contributed by atoms with Crippen molar-refractivity contribution in [3.05, 3.63) is 74.8 Å². The first-order valence-corrected chi connectivity index (χ1v) is 9.62. The maximum Gasteiger partial charge on any atom is 0.262 e. The number of carbonyl (C=O) groups is 1. The van der Waals surface area contributed by atoms with Crippen molar-refractivity contribution in [2.24, 2.45) is 5.92 Å². The standard InChI is InChI=1S/C21H21N3O2S/c1-2-24-20(26)16-11-10-15(12-17(16)22-21(24)27)19(25)23-18(14-8-9-14)13-6-4-3-5-7-13/h3-7,10-12,14,18H,2,8-9H2,1H3,(H,22,27)(H,23,25). The quantitative estimate of drug-likeness (QED) is 0.660. The Balaban J connectivity index is 1.66. The maximum atomic E-state index is 12.9. The van der Waals surface area contributed by atoms with E-state index in [4.69, 9.17) is 12.2 Å². The first-order valence-electron chi connectivity index (χ1n) is 9.21. The van der Waals surface area contributed by atoms with Gasteiger partial charge in [0.25, 0.3) is 11.5 Å². The van der Waals surface area contributed by atoms with Crippen molar-refractivity contribution in [2.75, 3.05) is 0 Å². The summed E-state index contributed by atoms with van der Waals surface area (Å²) < 4.78 is 1.88. The second kappa shape index (κ2) is 7.12. The number of H-pyrrole nitrogens is 1. The Hall–Kier alpha value is -2.73. The van der Waals surface area contributed by atoms with E-state index in [2.05, 4.69) is 10.3 Å². The highest BCUT2D eigenvalue weighted by molar-refractivity contribution is 7.71. The molecule has 0 saturated heterocycles. The molecule has 1 unspecified atom stereocenters. The van der Waals surface area contributed by atoms with Gasteiger partial charge in [-0.15, -0.1) is 0 Å². The molecule has 1 atom stereocenters. The van der Waals surface area contributed by atoms with E-state index in [9.17, 15) is 9.59 Å². The minimum absolute atomic E-state index is 0.0148. The molecule has 0 bridgehead atoms. The number of hydrogen-bond acceptors (Lipinski definition) is 3. The van der Waals surface area contributed by atoms with Gasteiger partial charge < -0.3 is 10.3 Å².